The molecule has 196 valence electrons. The van der Waals surface area contributed by atoms with Gasteiger partial charge in [0, 0.05) is 44.4 Å². The molecule has 0 amide bonds. The van der Waals surface area contributed by atoms with Crippen LogP contribution in [-0.2, 0) is 12.0 Å². The Morgan fingerprint density at radius 3 is 2.49 bits per heavy atom. The first-order valence-electron chi connectivity index (χ1n) is 12.8. The van der Waals surface area contributed by atoms with Gasteiger partial charge in [-0.25, -0.2) is 4.98 Å². The summed E-state index contributed by atoms with van der Waals surface area (Å²) in [5, 5.41) is 15.8. The minimum absolute atomic E-state index is 0.111. The summed E-state index contributed by atoms with van der Waals surface area (Å²) in [7, 11) is 0. The number of thiazole rings is 1. The summed E-state index contributed by atoms with van der Waals surface area (Å²) in [6.07, 6.45) is -0.552. The molecule has 8 nitrogen and oxygen atoms in total. The molecule has 2 aromatic heterocycles. The number of aliphatic hydroxyl groups excluding tert-OH is 1. The summed E-state index contributed by atoms with van der Waals surface area (Å²) in [6, 6.07) is 14.2. The number of aliphatic hydroxyl groups is 1. The van der Waals surface area contributed by atoms with E-state index in [9.17, 15) is 5.11 Å². The number of aromatic nitrogens is 3. The Bertz CT molecular complexity index is 1320. The molecule has 0 spiro atoms. The highest BCUT2D eigenvalue weighted by Gasteiger charge is 2.22. The molecule has 0 unspecified atom stereocenters. The molecule has 1 aliphatic rings. The number of hydrogen-bond donors (Lipinski definition) is 1. The minimum Gasteiger partial charge on any atom is -0.491 e. The molecule has 0 bridgehead atoms. The normalized spacial score (nSPS) is 16.4. The Hall–Kier alpha value is -2.85. The van der Waals surface area contributed by atoms with Gasteiger partial charge >= 0.3 is 0 Å². The fourth-order valence-electron chi connectivity index (χ4n) is 4.53. The molecule has 0 saturated carbocycles. The smallest absolute Gasteiger partial charge is 0.257 e. The lowest BCUT2D eigenvalue weighted by atomic mass is 9.87. The van der Waals surface area contributed by atoms with E-state index in [1.165, 1.54) is 5.56 Å². The number of fused-ring (bicyclic) bond motifs is 1. The van der Waals surface area contributed by atoms with Crippen LogP contribution >= 0.6 is 11.3 Å². The second-order valence-corrected chi connectivity index (χ2v) is 12.0. The van der Waals surface area contributed by atoms with Crippen molar-refractivity contribution in [1.29, 1.82) is 0 Å². The first kappa shape index (κ1) is 25.8. The van der Waals surface area contributed by atoms with E-state index in [2.05, 4.69) is 57.8 Å². The van der Waals surface area contributed by atoms with Crippen LogP contribution in [0.25, 0.3) is 21.7 Å². The predicted octanol–water partition coefficient (Wildman–Crippen LogP) is 4.51. The number of piperazine rings is 1. The number of rotatable bonds is 8. The van der Waals surface area contributed by atoms with Crippen molar-refractivity contribution in [2.24, 2.45) is 0 Å². The average molecular weight is 522 g/mol. The summed E-state index contributed by atoms with van der Waals surface area (Å²) < 4.78 is 12.5. The second-order valence-electron chi connectivity index (χ2n) is 10.7. The van der Waals surface area contributed by atoms with Gasteiger partial charge in [-0.1, -0.05) is 38.1 Å². The van der Waals surface area contributed by atoms with Crippen molar-refractivity contribution < 1.29 is 14.4 Å². The zero-order valence-electron chi connectivity index (χ0n) is 22.0. The first-order valence-corrected chi connectivity index (χ1v) is 13.6. The van der Waals surface area contributed by atoms with Gasteiger partial charge < -0.3 is 14.4 Å². The molecule has 1 atom stereocenters. The number of nitrogens with zero attached hydrogens (tertiary/aromatic N) is 5. The molecule has 1 saturated heterocycles. The number of benzene rings is 2. The van der Waals surface area contributed by atoms with Crippen LogP contribution in [0, 0.1) is 6.92 Å². The van der Waals surface area contributed by atoms with Crippen molar-refractivity contribution in [2.75, 3.05) is 39.3 Å². The topological polar surface area (TPSA) is 87.8 Å². The maximum Gasteiger partial charge on any atom is 0.257 e. The average Bonchev–Trinajstić information content (AvgIpc) is 3.49. The third-order valence-electron chi connectivity index (χ3n) is 6.67. The Labute approximate surface area is 221 Å². The SMILES string of the molecule is Cc1nc2cc(OC[C@H](O)CN3CCN(Cc4noc(-c5ccc(C(C)(C)C)cc5)n4)CC3)ccc2s1. The summed E-state index contributed by atoms with van der Waals surface area (Å²) in [5.74, 6) is 2.00. The Morgan fingerprint density at radius 2 is 1.76 bits per heavy atom. The van der Waals surface area contributed by atoms with Crippen LogP contribution in [0.4, 0.5) is 0 Å². The predicted molar refractivity (Wildman–Crippen MR) is 146 cm³/mol. The summed E-state index contributed by atoms with van der Waals surface area (Å²) in [6.45, 7) is 13.6. The van der Waals surface area contributed by atoms with Gasteiger partial charge in [0.1, 0.15) is 18.5 Å². The molecule has 5 rings (SSSR count). The monoisotopic (exact) mass is 521 g/mol. The molecule has 37 heavy (non-hydrogen) atoms. The van der Waals surface area contributed by atoms with Gasteiger partial charge in [-0.15, -0.1) is 11.3 Å². The van der Waals surface area contributed by atoms with E-state index < -0.39 is 6.10 Å². The van der Waals surface area contributed by atoms with Gasteiger partial charge in [0.25, 0.3) is 5.89 Å². The molecule has 4 aromatic rings. The maximum atomic E-state index is 10.5. The van der Waals surface area contributed by atoms with Crippen LogP contribution in [0.15, 0.2) is 47.0 Å². The Morgan fingerprint density at radius 1 is 1.03 bits per heavy atom. The number of β-amino-alcohol motifs (C(OH)–C–C–N with tert-alkyl or cyclic N) is 1. The van der Waals surface area contributed by atoms with E-state index in [-0.39, 0.29) is 12.0 Å². The highest BCUT2D eigenvalue weighted by Crippen LogP contribution is 2.27. The van der Waals surface area contributed by atoms with E-state index in [0.29, 0.717) is 24.8 Å². The first-order chi connectivity index (χ1) is 17.7. The fourth-order valence-corrected chi connectivity index (χ4v) is 5.34. The molecular formula is C28H35N5O3S. The minimum atomic E-state index is -0.552. The molecule has 0 radical (unpaired) electrons. The second kappa shape index (κ2) is 10.9. The third kappa shape index (κ3) is 6.54. The molecule has 2 aromatic carbocycles. The molecule has 1 fully saturated rings. The summed E-state index contributed by atoms with van der Waals surface area (Å²) in [5.41, 5.74) is 3.27. The molecule has 1 aliphatic heterocycles. The van der Waals surface area contributed by atoms with Gasteiger partial charge in [0.05, 0.1) is 21.8 Å². The zero-order chi connectivity index (χ0) is 26.0. The number of ether oxygens (including phenoxy) is 1. The van der Waals surface area contributed by atoms with Crippen LogP contribution in [0.5, 0.6) is 5.75 Å². The molecule has 1 N–H and O–H groups in total. The van der Waals surface area contributed by atoms with E-state index in [4.69, 9.17) is 9.26 Å². The summed E-state index contributed by atoms with van der Waals surface area (Å²) >= 11 is 1.67. The molecule has 0 aliphatic carbocycles. The van der Waals surface area contributed by atoms with E-state index in [0.717, 1.165) is 52.7 Å². The van der Waals surface area contributed by atoms with E-state index >= 15 is 0 Å². The lowest BCUT2D eigenvalue weighted by Gasteiger charge is -2.34. The van der Waals surface area contributed by atoms with Gasteiger partial charge in [-0.3, -0.25) is 9.80 Å². The van der Waals surface area contributed by atoms with Crippen molar-refractivity contribution in [3.05, 3.63) is 58.9 Å². The lowest BCUT2D eigenvalue weighted by Crippen LogP contribution is -2.48. The van der Waals surface area contributed by atoms with Gasteiger partial charge in [-0.05, 0) is 42.2 Å². The van der Waals surface area contributed by atoms with E-state index in [1.54, 1.807) is 11.3 Å². The zero-order valence-corrected chi connectivity index (χ0v) is 22.8. The van der Waals surface area contributed by atoms with Crippen molar-refractivity contribution in [2.45, 2.75) is 45.8 Å². The van der Waals surface area contributed by atoms with Crippen molar-refractivity contribution in [3.8, 4) is 17.2 Å². The van der Waals surface area contributed by atoms with Crippen molar-refractivity contribution in [3.63, 3.8) is 0 Å². The van der Waals surface area contributed by atoms with Crippen LogP contribution in [-0.4, -0.2) is 75.5 Å². The summed E-state index contributed by atoms with van der Waals surface area (Å²) in [4.78, 5) is 13.7. The maximum absolute atomic E-state index is 10.5. The Kier molecular flexibility index (Phi) is 7.57. The van der Waals surface area contributed by atoms with Crippen molar-refractivity contribution >= 4 is 21.6 Å². The third-order valence-corrected chi connectivity index (χ3v) is 7.63. The van der Waals surface area contributed by atoms with Crippen LogP contribution in [0.3, 0.4) is 0 Å². The van der Waals surface area contributed by atoms with Crippen LogP contribution in [0.2, 0.25) is 0 Å². The Balaban J connectivity index is 1.06. The van der Waals surface area contributed by atoms with E-state index in [1.807, 2.05) is 37.3 Å². The van der Waals surface area contributed by atoms with Crippen molar-refractivity contribution in [1.82, 2.24) is 24.9 Å². The standard InChI is InChI=1S/C28H35N5O3S/c1-19-29-24-15-23(9-10-25(24)37-19)35-18-22(34)16-32-11-13-33(14-12-32)17-26-30-27(36-31-26)20-5-7-21(8-6-20)28(2,3)4/h5-10,15,22,34H,11-14,16-18H2,1-4H3/t22-/m1/s1. The number of aryl methyl sites for hydroxylation is 1. The lowest BCUT2D eigenvalue weighted by molar-refractivity contribution is 0.0440. The highest BCUT2D eigenvalue weighted by molar-refractivity contribution is 7.18. The largest absolute Gasteiger partial charge is 0.491 e. The molecular weight excluding hydrogens is 486 g/mol. The molecule has 3 heterocycles. The molecule has 9 heteroatoms. The van der Waals surface area contributed by atoms with Gasteiger partial charge in [0.15, 0.2) is 5.82 Å². The number of hydrogen-bond acceptors (Lipinski definition) is 9. The fraction of sp³-hybridized carbons (Fsp3) is 0.464. The van der Waals surface area contributed by atoms with Gasteiger partial charge in [-0.2, -0.15) is 4.98 Å². The van der Waals surface area contributed by atoms with Crippen LogP contribution in [0.1, 0.15) is 37.2 Å². The quantitative estimate of drug-likeness (QED) is 0.362. The highest BCUT2D eigenvalue weighted by atomic mass is 32.1. The van der Waals surface area contributed by atoms with Crippen LogP contribution < -0.4 is 4.74 Å². The van der Waals surface area contributed by atoms with Gasteiger partial charge in [0.2, 0.25) is 0 Å².